The SMILES string of the molecule is CCN1CC2(CCC1=O)CCN(C(=O)CCCc1ccc(OC)cc1)CC2. The van der Waals surface area contributed by atoms with E-state index in [4.69, 9.17) is 4.74 Å². The number of amides is 2. The Balaban J connectivity index is 1.42. The van der Waals surface area contributed by atoms with Gasteiger partial charge in [-0.3, -0.25) is 9.59 Å². The van der Waals surface area contributed by atoms with Crippen LogP contribution in [0, 0.1) is 5.41 Å². The van der Waals surface area contributed by atoms with Gasteiger partial charge in [-0.15, -0.1) is 0 Å². The molecule has 2 fully saturated rings. The number of carbonyl (C=O) groups is 2. The number of nitrogens with zero attached hydrogens (tertiary/aromatic N) is 2. The van der Waals surface area contributed by atoms with Crippen molar-refractivity contribution < 1.29 is 14.3 Å². The fourth-order valence-corrected chi connectivity index (χ4v) is 4.42. The Labute approximate surface area is 162 Å². The second-order valence-electron chi connectivity index (χ2n) is 7.99. The molecule has 1 aromatic rings. The summed E-state index contributed by atoms with van der Waals surface area (Å²) in [6.45, 7) is 5.41. The van der Waals surface area contributed by atoms with Crippen LogP contribution in [0.4, 0.5) is 0 Å². The zero-order valence-electron chi connectivity index (χ0n) is 16.7. The van der Waals surface area contributed by atoms with Crippen molar-refractivity contribution in [2.45, 2.75) is 51.9 Å². The first-order chi connectivity index (χ1) is 13.0. The minimum atomic E-state index is 0.240. The van der Waals surface area contributed by atoms with Crippen LogP contribution in [0.2, 0.25) is 0 Å². The molecule has 0 aliphatic carbocycles. The molecule has 1 aromatic carbocycles. The number of hydrogen-bond acceptors (Lipinski definition) is 3. The highest BCUT2D eigenvalue weighted by atomic mass is 16.5. The molecule has 5 nitrogen and oxygen atoms in total. The number of methoxy groups -OCH3 is 1. The standard InChI is InChI=1S/C22H32N2O3/c1-3-23-17-22(12-11-21(23)26)13-15-24(16-14-22)20(25)6-4-5-18-7-9-19(27-2)10-8-18/h7-10H,3-6,11-17H2,1-2H3. The van der Waals surface area contributed by atoms with Gasteiger partial charge in [-0.2, -0.15) is 0 Å². The first-order valence-electron chi connectivity index (χ1n) is 10.2. The Bertz CT molecular complexity index is 648. The first kappa shape index (κ1) is 19.7. The van der Waals surface area contributed by atoms with Gasteiger partial charge in [0, 0.05) is 39.0 Å². The molecule has 5 heteroatoms. The molecule has 2 saturated heterocycles. The number of benzene rings is 1. The Morgan fingerprint density at radius 2 is 1.85 bits per heavy atom. The molecule has 2 amide bonds. The van der Waals surface area contributed by atoms with Crippen LogP contribution in [-0.2, 0) is 16.0 Å². The zero-order valence-corrected chi connectivity index (χ0v) is 16.7. The summed E-state index contributed by atoms with van der Waals surface area (Å²) in [5.74, 6) is 1.43. The number of carbonyl (C=O) groups excluding carboxylic acids is 2. The van der Waals surface area contributed by atoms with E-state index in [0.29, 0.717) is 18.7 Å². The third-order valence-corrected chi connectivity index (χ3v) is 6.32. The van der Waals surface area contributed by atoms with E-state index >= 15 is 0 Å². The van der Waals surface area contributed by atoms with E-state index < -0.39 is 0 Å². The lowest BCUT2D eigenvalue weighted by molar-refractivity contribution is -0.142. The minimum absolute atomic E-state index is 0.240. The third-order valence-electron chi connectivity index (χ3n) is 6.32. The number of hydrogen-bond donors (Lipinski definition) is 0. The molecular weight excluding hydrogens is 340 g/mol. The summed E-state index contributed by atoms with van der Waals surface area (Å²) >= 11 is 0. The van der Waals surface area contributed by atoms with E-state index in [0.717, 1.165) is 64.0 Å². The van der Waals surface area contributed by atoms with Gasteiger partial charge in [-0.25, -0.2) is 0 Å². The van der Waals surface area contributed by atoms with Gasteiger partial charge in [0.15, 0.2) is 0 Å². The number of aryl methyl sites for hydroxylation is 1. The lowest BCUT2D eigenvalue weighted by atomic mass is 9.72. The predicted octanol–water partition coefficient (Wildman–Crippen LogP) is 3.27. The molecule has 3 rings (SSSR count). The summed E-state index contributed by atoms with van der Waals surface area (Å²) in [5, 5.41) is 0. The molecule has 2 heterocycles. The monoisotopic (exact) mass is 372 g/mol. The molecule has 0 bridgehead atoms. The fraction of sp³-hybridized carbons (Fsp3) is 0.636. The summed E-state index contributed by atoms with van der Waals surface area (Å²) in [6, 6.07) is 8.07. The van der Waals surface area contributed by atoms with Crippen LogP contribution >= 0.6 is 0 Å². The second-order valence-corrected chi connectivity index (χ2v) is 7.99. The van der Waals surface area contributed by atoms with Gasteiger partial charge >= 0.3 is 0 Å². The molecule has 0 atom stereocenters. The largest absolute Gasteiger partial charge is 0.497 e. The van der Waals surface area contributed by atoms with Gasteiger partial charge in [0.25, 0.3) is 0 Å². The molecule has 27 heavy (non-hydrogen) atoms. The Hall–Kier alpha value is -2.04. The molecule has 0 N–H and O–H groups in total. The van der Waals surface area contributed by atoms with E-state index in [2.05, 4.69) is 19.1 Å². The average Bonchev–Trinajstić information content (AvgIpc) is 2.71. The molecule has 0 saturated carbocycles. The van der Waals surface area contributed by atoms with Gasteiger partial charge in [0.2, 0.25) is 11.8 Å². The van der Waals surface area contributed by atoms with Crippen molar-refractivity contribution in [2.75, 3.05) is 33.3 Å². The van der Waals surface area contributed by atoms with E-state index in [1.165, 1.54) is 5.56 Å². The molecular formula is C22H32N2O3. The summed E-state index contributed by atoms with van der Waals surface area (Å²) in [4.78, 5) is 28.6. The smallest absolute Gasteiger partial charge is 0.222 e. The third kappa shape index (κ3) is 4.82. The zero-order chi connectivity index (χ0) is 19.3. The predicted molar refractivity (Wildman–Crippen MR) is 106 cm³/mol. The molecule has 1 spiro atoms. The van der Waals surface area contributed by atoms with Gasteiger partial charge in [-0.1, -0.05) is 12.1 Å². The second kappa shape index (κ2) is 8.77. The van der Waals surface area contributed by atoms with Crippen molar-refractivity contribution in [1.82, 2.24) is 9.80 Å². The van der Waals surface area contributed by atoms with Crippen molar-refractivity contribution in [3.8, 4) is 5.75 Å². The van der Waals surface area contributed by atoms with Crippen LogP contribution in [0.3, 0.4) is 0 Å². The summed E-state index contributed by atoms with van der Waals surface area (Å²) < 4.78 is 5.18. The van der Waals surface area contributed by atoms with Crippen LogP contribution in [0.15, 0.2) is 24.3 Å². The lowest BCUT2D eigenvalue weighted by Gasteiger charge is -2.47. The average molecular weight is 373 g/mol. The normalized spacial score (nSPS) is 19.4. The van der Waals surface area contributed by atoms with Gasteiger partial charge < -0.3 is 14.5 Å². The number of likely N-dealkylation sites (tertiary alicyclic amines) is 2. The fourth-order valence-electron chi connectivity index (χ4n) is 4.42. The van der Waals surface area contributed by atoms with Crippen LogP contribution in [-0.4, -0.2) is 54.9 Å². The van der Waals surface area contributed by atoms with E-state index in [1.807, 2.05) is 21.9 Å². The number of ether oxygens (including phenoxy) is 1. The number of rotatable bonds is 6. The lowest BCUT2D eigenvalue weighted by Crippen LogP contribution is -2.52. The van der Waals surface area contributed by atoms with Gasteiger partial charge in [-0.05, 0) is 62.1 Å². The summed E-state index contributed by atoms with van der Waals surface area (Å²) in [6.07, 6.45) is 6.12. The Morgan fingerprint density at radius 1 is 1.15 bits per heavy atom. The van der Waals surface area contributed by atoms with Gasteiger partial charge in [0.05, 0.1) is 7.11 Å². The van der Waals surface area contributed by atoms with Crippen molar-refractivity contribution in [3.63, 3.8) is 0 Å². The first-order valence-corrected chi connectivity index (χ1v) is 10.2. The minimum Gasteiger partial charge on any atom is -0.497 e. The van der Waals surface area contributed by atoms with Crippen LogP contribution in [0.5, 0.6) is 5.75 Å². The number of piperidine rings is 2. The molecule has 0 aromatic heterocycles. The molecule has 148 valence electrons. The maximum atomic E-state index is 12.6. The molecule has 2 aliphatic heterocycles. The Kier molecular flexibility index (Phi) is 6.40. The van der Waals surface area contributed by atoms with Crippen LogP contribution < -0.4 is 4.74 Å². The van der Waals surface area contributed by atoms with Crippen LogP contribution in [0.1, 0.15) is 51.0 Å². The van der Waals surface area contributed by atoms with E-state index in [9.17, 15) is 9.59 Å². The van der Waals surface area contributed by atoms with Crippen molar-refractivity contribution in [2.24, 2.45) is 5.41 Å². The highest BCUT2D eigenvalue weighted by Gasteiger charge is 2.41. The van der Waals surface area contributed by atoms with Crippen molar-refractivity contribution in [3.05, 3.63) is 29.8 Å². The quantitative estimate of drug-likeness (QED) is 0.770. The highest BCUT2D eigenvalue weighted by molar-refractivity contribution is 5.77. The van der Waals surface area contributed by atoms with Gasteiger partial charge in [0.1, 0.15) is 5.75 Å². The van der Waals surface area contributed by atoms with Crippen molar-refractivity contribution in [1.29, 1.82) is 0 Å². The molecule has 2 aliphatic rings. The van der Waals surface area contributed by atoms with Crippen molar-refractivity contribution >= 4 is 11.8 Å². The van der Waals surface area contributed by atoms with Crippen LogP contribution in [0.25, 0.3) is 0 Å². The summed E-state index contributed by atoms with van der Waals surface area (Å²) in [5.41, 5.74) is 1.48. The maximum Gasteiger partial charge on any atom is 0.222 e. The van der Waals surface area contributed by atoms with E-state index in [1.54, 1.807) is 7.11 Å². The topological polar surface area (TPSA) is 49.9 Å². The highest BCUT2D eigenvalue weighted by Crippen LogP contribution is 2.40. The maximum absolute atomic E-state index is 12.6. The Morgan fingerprint density at radius 3 is 2.48 bits per heavy atom. The van der Waals surface area contributed by atoms with E-state index in [-0.39, 0.29) is 11.3 Å². The molecule has 0 unspecified atom stereocenters. The summed E-state index contributed by atoms with van der Waals surface area (Å²) in [7, 11) is 1.67. The molecule has 0 radical (unpaired) electrons.